The van der Waals surface area contributed by atoms with E-state index >= 15 is 0 Å². The number of hydrogen-bond donors (Lipinski definition) is 0. The number of piperidine rings is 1. The van der Waals surface area contributed by atoms with Gasteiger partial charge >= 0.3 is 0 Å². The Morgan fingerprint density at radius 3 is 2.80 bits per heavy atom. The van der Waals surface area contributed by atoms with Gasteiger partial charge in [-0.15, -0.1) is 11.3 Å². The van der Waals surface area contributed by atoms with Gasteiger partial charge in [0, 0.05) is 37.0 Å². The molecule has 2 aliphatic heterocycles. The largest absolute Gasteiger partial charge is 0.337 e. The first-order chi connectivity index (χ1) is 12.1. The normalized spacial score (nSPS) is 24.1. The van der Waals surface area contributed by atoms with E-state index in [1.807, 2.05) is 22.4 Å². The maximum atomic E-state index is 13.1. The minimum Gasteiger partial charge on any atom is -0.337 e. The minimum atomic E-state index is -0.189. The van der Waals surface area contributed by atoms with Gasteiger partial charge < -0.3 is 4.90 Å². The monoisotopic (exact) mass is 359 g/mol. The fraction of sp³-hybridized carbons (Fsp3) is 0.474. The van der Waals surface area contributed by atoms with Crippen LogP contribution in [0.1, 0.15) is 35.3 Å². The van der Waals surface area contributed by atoms with E-state index < -0.39 is 0 Å². The molecule has 0 bridgehead atoms. The third kappa shape index (κ3) is 3.60. The van der Waals surface area contributed by atoms with Crippen molar-refractivity contribution in [1.82, 2.24) is 14.8 Å². The molecule has 2 aliphatic rings. The molecule has 1 aromatic heterocycles. The molecule has 0 aliphatic carbocycles. The topological polar surface area (TPSA) is 36.4 Å². The summed E-state index contributed by atoms with van der Waals surface area (Å²) in [5, 5.41) is 1.83. The van der Waals surface area contributed by atoms with E-state index in [9.17, 15) is 9.18 Å². The molecule has 1 spiro atoms. The Morgan fingerprint density at radius 2 is 2.04 bits per heavy atom. The van der Waals surface area contributed by atoms with Gasteiger partial charge in [-0.05, 0) is 43.5 Å². The van der Waals surface area contributed by atoms with Crippen LogP contribution in [0.2, 0.25) is 0 Å². The molecule has 0 unspecified atom stereocenters. The molecule has 3 heterocycles. The molecule has 4 nitrogen and oxygen atoms in total. The van der Waals surface area contributed by atoms with Crippen molar-refractivity contribution >= 4 is 17.2 Å². The van der Waals surface area contributed by atoms with Crippen LogP contribution in [0.4, 0.5) is 4.39 Å². The maximum Gasteiger partial charge on any atom is 0.273 e. The average Bonchev–Trinajstić information content (AvgIpc) is 3.27. The number of likely N-dealkylation sites (tertiary alicyclic amines) is 2. The first-order valence-electron chi connectivity index (χ1n) is 8.78. The third-order valence-corrected chi connectivity index (χ3v) is 6.02. The summed E-state index contributed by atoms with van der Waals surface area (Å²) < 4.78 is 13.1. The number of carbonyl (C=O) groups is 1. The quantitative estimate of drug-likeness (QED) is 0.843. The second-order valence-electron chi connectivity index (χ2n) is 7.29. The second kappa shape index (κ2) is 6.84. The van der Waals surface area contributed by atoms with Crippen LogP contribution in [0.3, 0.4) is 0 Å². The average molecular weight is 359 g/mol. The number of amides is 1. The molecule has 1 amide bonds. The van der Waals surface area contributed by atoms with Crippen LogP contribution in [0.15, 0.2) is 35.2 Å². The number of benzene rings is 1. The highest BCUT2D eigenvalue weighted by Gasteiger charge is 2.43. The Balaban J connectivity index is 1.40. The molecule has 25 heavy (non-hydrogen) atoms. The van der Waals surface area contributed by atoms with E-state index in [2.05, 4.69) is 9.88 Å². The predicted octanol–water partition coefficient (Wildman–Crippen LogP) is 3.41. The van der Waals surface area contributed by atoms with Gasteiger partial charge in [-0.3, -0.25) is 9.69 Å². The zero-order chi connectivity index (χ0) is 17.3. The summed E-state index contributed by atoms with van der Waals surface area (Å²) in [6.07, 6.45) is 3.39. The Hall–Kier alpha value is -1.79. The molecule has 1 atom stereocenters. The number of rotatable bonds is 3. The summed E-state index contributed by atoms with van der Waals surface area (Å²) in [4.78, 5) is 21.1. The van der Waals surface area contributed by atoms with Crippen molar-refractivity contribution in [1.29, 1.82) is 0 Å². The van der Waals surface area contributed by atoms with E-state index in [1.54, 1.807) is 5.51 Å². The highest BCUT2D eigenvalue weighted by molar-refractivity contribution is 7.07. The molecule has 0 N–H and O–H groups in total. The molecule has 2 saturated heterocycles. The lowest BCUT2D eigenvalue weighted by Crippen LogP contribution is -2.45. The fourth-order valence-corrected chi connectivity index (χ4v) is 4.74. The lowest BCUT2D eigenvalue weighted by molar-refractivity contribution is 0.0671. The van der Waals surface area contributed by atoms with Crippen molar-refractivity contribution in [2.75, 3.05) is 26.2 Å². The number of carbonyl (C=O) groups excluding carboxylic acids is 1. The fourth-order valence-electron chi connectivity index (χ4n) is 4.21. The van der Waals surface area contributed by atoms with Crippen molar-refractivity contribution in [3.05, 3.63) is 52.2 Å². The summed E-state index contributed by atoms with van der Waals surface area (Å²) in [5.41, 5.74) is 3.63. The van der Waals surface area contributed by atoms with E-state index in [4.69, 9.17) is 0 Å². The van der Waals surface area contributed by atoms with Gasteiger partial charge in [-0.2, -0.15) is 0 Å². The summed E-state index contributed by atoms with van der Waals surface area (Å²) in [5.74, 6) is -0.125. The van der Waals surface area contributed by atoms with Crippen molar-refractivity contribution in [2.24, 2.45) is 5.41 Å². The molecule has 2 aromatic rings. The van der Waals surface area contributed by atoms with Crippen LogP contribution < -0.4 is 0 Å². The van der Waals surface area contributed by atoms with Crippen LogP contribution in [0, 0.1) is 11.2 Å². The van der Waals surface area contributed by atoms with Crippen LogP contribution in [0.25, 0.3) is 0 Å². The highest BCUT2D eigenvalue weighted by Crippen LogP contribution is 2.39. The van der Waals surface area contributed by atoms with E-state index in [0.29, 0.717) is 5.69 Å². The molecule has 0 saturated carbocycles. The Bertz CT molecular complexity index is 734. The number of aromatic nitrogens is 1. The predicted molar refractivity (Wildman–Crippen MR) is 96.0 cm³/mol. The van der Waals surface area contributed by atoms with Crippen molar-refractivity contribution < 1.29 is 9.18 Å². The summed E-state index contributed by atoms with van der Waals surface area (Å²) in [6.45, 7) is 4.57. The first kappa shape index (κ1) is 16.7. The number of halogens is 1. The van der Waals surface area contributed by atoms with Gasteiger partial charge in [0.25, 0.3) is 5.91 Å². The standard InChI is InChI=1S/C19H22FN3OS/c20-16-4-2-15(3-5-16)10-22-8-1-6-19(12-22)7-9-23(13-19)18(24)17-11-25-14-21-17/h2-5,11,14H,1,6-10,12-13H2/t19-/m0/s1. The Labute approximate surface area is 151 Å². The number of thiazole rings is 1. The molecule has 4 rings (SSSR count). The zero-order valence-corrected chi connectivity index (χ0v) is 15.0. The van der Waals surface area contributed by atoms with Crippen LogP contribution in [0.5, 0.6) is 0 Å². The van der Waals surface area contributed by atoms with Crippen LogP contribution in [-0.4, -0.2) is 46.9 Å². The van der Waals surface area contributed by atoms with Crippen LogP contribution >= 0.6 is 11.3 Å². The summed E-state index contributed by atoms with van der Waals surface area (Å²) in [7, 11) is 0. The lowest BCUT2D eigenvalue weighted by atomic mass is 9.79. The van der Waals surface area contributed by atoms with Crippen molar-refractivity contribution in [3.63, 3.8) is 0 Å². The summed E-state index contributed by atoms with van der Waals surface area (Å²) >= 11 is 1.46. The third-order valence-electron chi connectivity index (χ3n) is 5.44. The van der Waals surface area contributed by atoms with Crippen LogP contribution in [-0.2, 0) is 6.54 Å². The second-order valence-corrected chi connectivity index (χ2v) is 8.01. The molecule has 6 heteroatoms. The van der Waals surface area contributed by atoms with Gasteiger partial charge in [0.15, 0.2) is 0 Å². The van der Waals surface area contributed by atoms with E-state index in [0.717, 1.165) is 51.1 Å². The number of hydrogen-bond acceptors (Lipinski definition) is 4. The molecule has 0 radical (unpaired) electrons. The Kier molecular flexibility index (Phi) is 4.56. The SMILES string of the molecule is O=C(c1cscn1)N1CC[C@]2(CCCN(Cc3ccc(F)cc3)C2)C1. The molecule has 1 aromatic carbocycles. The van der Waals surface area contributed by atoms with Gasteiger partial charge in [-0.25, -0.2) is 9.37 Å². The van der Waals surface area contributed by atoms with E-state index in [1.165, 1.54) is 29.9 Å². The van der Waals surface area contributed by atoms with Gasteiger partial charge in [0.2, 0.25) is 0 Å². The number of nitrogens with zero attached hydrogens (tertiary/aromatic N) is 3. The van der Waals surface area contributed by atoms with E-state index in [-0.39, 0.29) is 17.1 Å². The molecular formula is C19H22FN3OS. The zero-order valence-electron chi connectivity index (χ0n) is 14.2. The van der Waals surface area contributed by atoms with Gasteiger partial charge in [0.1, 0.15) is 11.5 Å². The minimum absolute atomic E-state index is 0.0637. The summed E-state index contributed by atoms with van der Waals surface area (Å²) in [6, 6.07) is 6.78. The smallest absolute Gasteiger partial charge is 0.273 e. The first-order valence-corrected chi connectivity index (χ1v) is 9.72. The Morgan fingerprint density at radius 1 is 1.20 bits per heavy atom. The van der Waals surface area contributed by atoms with Crippen molar-refractivity contribution in [2.45, 2.75) is 25.8 Å². The maximum absolute atomic E-state index is 13.1. The molecule has 2 fully saturated rings. The molecule has 132 valence electrons. The van der Waals surface area contributed by atoms with Gasteiger partial charge in [0.05, 0.1) is 5.51 Å². The molecular weight excluding hydrogens is 337 g/mol. The van der Waals surface area contributed by atoms with Gasteiger partial charge in [-0.1, -0.05) is 12.1 Å². The van der Waals surface area contributed by atoms with Crippen molar-refractivity contribution in [3.8, 4) is 0 Å². The lowest BCUT2D eigenvalue weighted by Gasteiger charge is -2.40. The highest BCUT2D eigenvalue weighted by atomic mass is 32.1.